The smallest absolute Gasteiger partial charge is 0.304 e. The summed E-state index contributed by atoms with van der Waals surface area (Å²) in [6, 6.07) is 10.2. The number of hydrogen-bond acceptors (Lipinski definition) is 6. The van der Waals surface area contributed by atoms with Crippen molar-refractivity contribution in [1.29, 1.82) is 0 Å². The van der Waals surface area contributed by atoms with E-state index in [1.807, 2.05) is 18.2 Å². The van der Waals surface area contributed by atoms with Crippen LogP contribution in [0.5, 0.6) is 0 Å². The Hall–Kier alpha value is -1.60. The monoisotopic (exact) mass is 309 g/mol. The van der Waals surface area contributed by atoms with Crippen LogP contribution in [0.4, 0.5) is 5.13 Å². The average molecular weight is 309 g/mol. The second-order valence-corrected chi connectivity index (χ2v) is 6.35. The Morgan fingerprint density at radius 2 is 2.10 bits per heavy atom. The summed E-state index contributed by atoms with van der Waals surface area (Å²) in [6.07, 6.45) is 1.07. The lowest BCUT2D eigenvalue weighted by Crippen LogP contribution is -2.04. The number of carbonyl (C=O) groups is 1. The molecule has 2 rings (SSSR count). The Bertz CT molecular complexity index is 546. The molecule has 0 saturated carbocycles. The van der Waals surface area contributed by atoms with Gasteiger partial charge in [0.2, 0.25) is 5.13 Å². The molecule has 0 saturated heterocycles. The number of thioether (sulfide) groups is 1. The molecule has 0 amide bonds. The molecule has 1 aromatic carbocycles. The van der Waals surface area contributed by atoms with Gasteiger partial charge in [-0.15, -0.1) is 10.2 Å². The van der Waals surface area contributed by atoms with Crippen LogP contribution in [0, 0.1) is 0 Å². The van der Waals surface area contributed by atoms with E-state index < -0.39 is 5.97 Å². The largest absolute Gasteiger partial charge is 0.481 e. The first kappa shape index (κ1) is 14.8. The summed E-state index contributed by atoms with van der Waals surface area (Å²) in [4.78, 5) is 10.4. The molecule has 1 aromatic heterocycles. The maximum atomic E-state index is 10.4. The fourth-order valence-electron chi connectivity index (χ4n) is 1.52. The molecule has 0 aliphatic heterocycles. The Morgan fingerprint density at radius 1 is 1.30 bits per heavy atom. The van der Waals surface area contributed by atoms with Crippen LogP contribution in [0.25, 0.3) is 0 Å². The van der Waals surface area contributed by atoms with Crippen molar-refractivity contribution in [2.24, 2.45) is 0 Å². The SMILES string of the molecule is O=C(O)CCSc1nnc(NCCc2ccccc2)s1. The van der Waals surface area contributed by atoms with E-state index in [1.165, 1.54) is 28.7 Å². The molecule has 2 aromatic rings. The van der Waals surface area contributed by atoms with Crippen LogP contribution in [-0.4, -0.2) is 33.6 Å². The lowest BCUT2D eigenvalue weighted by atomic mass is 10.2. The zero-order valence-corrected chi connectivity index (χ0v) is 12.4. The first-order chi connectivity index (χ1) is 9.74. The second kappa shape index (κ2) is 7.86. The number of anilines is 1. The van der Waals surface area contributed by atoms with E-state index in [0.717, 1.165) is 22.4 Å². The highest BCUT2D eigenvalue weighted by Crippen LogP contribution is 2.25. The number of aliphatic carboxylic acids is 1. The van der Waals surface area contributed by atoms with Gasteiger partial charge in [0.15, 0.2) is 4.34 Å². The third-order valence-electron chi connectivity index (χ3n) is 2.48. The predicted octanol–water partition coefficient (Wildman–Crippen LogP) is 2.76. The summed E-state index contributed by atoms with van der Waals surface area (Å²) in [5.41, 5.74) is 1.28. The number of aromatic nitrogens is 2. The van der Waals surface area contributed by atoms with Crippen LogP contribution in [0.1, 0.15) is 12.0 Å². The van der Waals surface area contributed by atoms with E-state index in [0.29, 0.717) is 5.75 Å². The molecule has 7 heteroatoms. The highest BCUT2D eigenvalue weighted by atomic mass is 32.2. The molecule has 0 atom stereocenters. The van der Waals surface area contributed by atoms with Crippen LogP contribution in [0.3, 0.4) is 0 Å². The van der Waals surface area contributed by atoms with Gasteiger partial charge >= 0.3 is 5.97 Å². The number of rotatable bonds is 8. The minimum absolute atomic E-state index is 0.140. The molecule has 0 aliphatic carbocycles. The second-order valence-electron chi connectivity index (χ2n) is 4.03. The molecule has 2 N–H and O–H groups in total. The van der Waals surface area contributed by atoms with E-state index in [2.05, 4.69) is 27.6 Å². The van der Waals surface area contributed by atoms with Gasteiger partial charge in [0.25, 0.3) is 0 Å². The number of nitrogens with zero attached hydrogens (tertiary/aromatic N) is 2. The Balaban J connectivity index is 1.71. The first-order valence-corrected chi connectivity index (χ1v) is 8.00. The van der Waals surface area contributed by atoms with Gasteiger partial charge in [-0.25, -0.2) is 0 Å². The zero-order valence-electron chi connectivity index (χ0n) is 10.8. The lowest BCUT2D eigenvalue weighted by Gasteiger charge is -2.01. The van der Waals surface area contributed by atoms with Gasteiger partial charge < -0.3 is 10.4 Å². The summed E-state index contributed by atoms with van der Waals surface area (Å²) in [5, 5.41) is 20.6. The molecular weight excluding hydrogens is 294 g/mol. The number of benzene rings is 1. The highest BCUT2D eigenvalue weighted by Gasteiger charge is 2.05. The molecule has 5 nitrogen and oxygen atoms in total. The molecular formula is C13H15N3O2S2. The predicted molar refractivity (Wildman–Crippen MR) is 81.5 cm³/mol. The van der Waals surface area contributed by atoms with Gasteiger partial charge in [-0.2, -0.15) is 0 Å². The van der Waals surface area contributed by atoms with Crippen molar-refractivity contribution < 1.29 is 9.90 Å². The van der Waals surface area contributed by atoms with Crippen LogP contribution >= 0.6 is 23.1 Å². The van der Waals surface area contributed by atoms with Crippen molar-refractivity contribution in [3.63, 3.8) is 0 Å². The standard InChI is InChI=1S/C13H15N3O2S2/c17-11(18)7-9-19-13-16-15-12(20-13)14-8-6-10-4-2-1-3-5-10/h1-5H,6-9H2,(H,14,15)(H,17,18). The van der Waals surface area contributed by atoms with Gasteiger partial charge in [-0.1, -0.05) is 53.4 Å². The van der Waals surface area contributed by atoms with Crippen molar-refractivity contribution >= 4 is 34.2 Å². The number of nitrogens with one attached hydrogen (secondary N) is 1. The van der Waals surface area contributed by atoms with Crippen molar-refractivity contribution in [2.75, 3.05) is 17.6 Å². The molecule has 0 unspecified atom stereocenters. The lowest BCUT2D eigenvalue weighted by molar-refractivity contribution is -0.136. The summed E-state index contributed by atoms with van der Waals surface area (Å²) < 4.78 is 0.800. The van der Waals surface area contributed by atoms with Crippen molar-refractivity contribution in [3.05, 3.63) is 35.9 Å². The topological polar surface area (TPSA) is 75.1 Å². The Kier molecular flexibility index (Phi) is 5.82. The van der Waals surface area contributed by atoms with Gasteiger partial charge in [0.1, 0.15) is 0 Å². The molecule has 0 radical (unpaired) electrons. The number of carboxylic acid groups (broad SMARTS) is 1. The summed E-state index contributed by atoms with van der Waals surface area (Å²) in [6.45, 7) is 0.804. The van der Waals surface area contributed by atoms with Crippen molar-refractivity contribution in [3.8, 4) is 0 Å². The minimum Gasteiger partial charge on any atom is -0.481 e. The fraction of sp³-hybridized carbons (Fsp3) is 0.308. The van der Waals surface area contributed by atoms with Crippen LogP contribution in [-0.2, 0) is 11.2 Å². The summed E-state index contributed by atoms with van der Waals surface area (Å²) in [5.74, 6) is -0.267. The van der Waals surface area contributed by atoms with Gasteiger partial charge in [0.05, 0.1) is 6.42 Å². The van der Waals surface area contributed by atoms with E-state index in [4.69, 9.17) is 5.11 Å². The normalized spacial score (nSPS) is 10.4. The van der Waals surface area contributed by atoms with Gasteiger partial charge in [0, 0.05) is 12.3 Å². The van der Waals surface area contributed by atoms with Gasteiger partial charge in [-0.3, -0.25) is 4.79 Å². The first-order valence-electron chi connectivity index (χ1n) is 6.20. The highest BCUT2D eigenvalue weighted by molar-refractivity contribution is 8.01. The van der Waals surface area contributed by atoms with Crippen molar-refractivity contribution in [1.82, 2.24) is 10.2 Å². The average Bonchev–Trinajstić information content (AvgIpc) is 2.87. The third kappa shape index (κ3) is 5.18. The fourth-order valence-corrected chi connectivity index (χ4v) is 3.30. The van der Waals surface area contributed by atoms with Gasteiger partial charge in [-0.05, 0) is 12.0 Å². The molecule has 1 heterocycles. The molecule has 0 aliphatic rings. The van der Waals surface area contributed by atoms with E-state index >= 15 is 0 Å². The third-order valence-corrected chi connectivity index (χ3v) is 4.50. The quantitative estimate of drug-likeness (QED) is 0.730. The van der Waals surface area contributed by atoms with Crippen LogP contribution < -0.4 is 5.32 Å². The molecule has 20 heavy (non-hydrogen) atoms. The summed E-state index contributed by atoms with van der Waals surface area (Å²) >= 11 is 2.88. The van der Waals surface area contributed by atoms with E-state index in [-0.39, 0.29) is 6.42 Å². The van der Waals surface area contributed by atoms with E-state index in [9.17, 15) is 4.79 Å². The minimum atomic E-state index is -0.789. The van der Waals surface area contributed by atoms with Crippen LogP contribution in [0.2, 0.25) is 0 Å². The van der Waals surface area contributed by atoms with Crippen LogP contribution in [0.15, 0.2) is 34.7 Å². The maximum absolute atomic E-state index is 10.4. The molecule has 0 spiro atoms. The molecule has 0 fully saturated rings. The number of hydrogen-bond donors (Lipinski definition) is 2. The Morgan fingerprint density at radius 3 is 2.85 bits per heavy atom. The Labute approximate surface area is 125 Å². The van der Waals surface area contributed by atoms with E-state index in [1.54, 1.807) is 0 Å². The summed E-state index contributed by atoms with van der Waals surface area (Å²) in [7, 11) is 0. The zero-order chi connectivity index (χ0) is 14.2. The molecule has 0 bridgehead atoms. The maximum Gasteiger partial charge on any atom is 0.304 e. The molecule has 106 valence electrons. The van der Waals surface area contributed by atoms with Crippen molar-refractivity contribution in [2.45, 2.75) is 17.2 Å². The number of carboxylic acids is 1.